The lowest BCUT2D eigenvalue weighted by Crippen LogP contribution is -2.41. The molecule has 1 amide bonds. The zero-order chi connectivity index (χ0) is 25.0. The van der Waals surface area contributed by atoms with Crippen molar-refractivity contribution in [1.82, 2.24) is 4.31 Å². The molecule has 9 nitrogen and oxygen atoms in total. The van der Waals surface area contributed by atoms with Gasteiger partial charge in [0.2, 0.25) is 0 Å². The summed E-state index contributed by atoms with van der Waals surface area (Å²) in [6, 6.07) is 4.80. The number of amides is 1. The van der Waals surface area contributed by atoms with Crippen LogP contribution in [0.5, 0.6) is 0 Å². The Morgan fingerprint density at radius 2 is 1.69 bits per heavy atom. The SMILES string of the molecule is CC(C)(C)OC(=O)N(CC#CCO[Si](C)(C)C(C)(C)C)S(=O)(=O)c1ccccc1[N+](=O)[O-]. The summed E-state index contributed by atoms with van der Waals surface area (Å²) in [5.41, 5.74) is -1.62. The van der Waals surface area contributed by atoms with Crippen molar-refractivity contribution in [1.29, 1.82) is 0 Å². The molecule has 32 heavy (non-hydrogen) atoms. The number of nitro benzene ring substituents is 1. The van der Waals surface area contributed by atoms with E-state index in [0.717, 1.165) is 12.1 Å². The van der Waals surface area contributed by atoms with E-state index in [2.05, 4.69) is 45.7 Å². The standard InChI is InChI=1S/C21H32N2O7SSi/c1-20(2,3)30-19(24)22(15-11-12-16-29-32(7,8)21(4,5)6)31(27,28)18-14-10-9-13-17(18)23(25)26/h9-10,13-14H,15-16H2,1-8H3. The molecule has 0 bridgehead atoms. The second kappa shape index (κ2) is 10.0. The third-order valence-electron chi connectivity index (χ3n) is 4.89. The molecule has 0 fully saturated rings. The molecule has 0 aromatic heterocycles. The highest BCUT2D eigenvalue weighted by molar-refractivity contribution is 7.89. The van der Waals surface area contributed by atoms with Gasteiger partial charge in [0, 0.05) is 6.07 Å². The van der Waals surface area contributed by atoms with Crippen molar-refractivity contribution >= 4 is 30.1 Å². The number of nitro groups is 1. The number of nitrogens with zero attached hydrogens (tertiary/aromatic N) is 2. The molecule has 1 aromatic rings. The first-order chi connectivity index (χ1) is 14.4. The van der Waals surface area contributed by atoms with Crippen LogP contribution in [0, 0.1) is 22.0 Å². The van der Waals surface area contributed by atoms with Crippen LogP contribution in [-0.4, -0.2) is 50.8 Å². The molecule has 0 atom stereocenters. The number of benzene rings is 1. The summed E-state index contributed by atoms with van der Waals surface area (Å²) in [4.78, 5) is 22.6. The maximum atomic E-state index is 13.2. The number of rotatable bonds is 6. The number of hydrogen-bond acceptors (Lipinski definition) is 7. The van der Waals surface area contributed by atoms with Gasteiger partial charge in [-0.1, -0.05) is 44.7 Å². The Labute approximate surface area is 191 Å². The van der Waals surface area contributed by atoms with Crippen molar-refractivity contribution < 1.29 is 27.3 Å². The predicted molar refractivity (Wildman–Crippen MR) is 124 cm³/mol. The molecule has 0 aliphatic rings. The number of sulfonamides is 1. The van der Waals surface area contributed by atoms with E-state index in [4.69, 9.17) is 9.16 Å². The maximum absolute atomic E-state index is 13.2. The van der Waals surface area contributed by atoms with E-state index in [1.807, 2.05) is 0 Å². The Kier molecular flexibility index (Phi) is 8.64. The Morgan fingerprint density at radius 1 is 1.12 bits per heavy atom. The van der Waals surface area contributed by atoms with E-state index in [1.165, 1.54) is 12.1 Å². The highest BCUT2D eigenvalue weighted by Gasteiger charge is 2.38. The maximum Gasteiger partial charge on any atom is 0.425 e. The minimum Gasteiger partial charge on any atom is -0.443 e. The fourth-order valence-electron chi connectivity index (χ4n) is 2.12. The normalized spacial score (nSPS) is 12.5. The van der Waals surface area contributed by atoms with Crippen LogP contribution in [0.3, 0.4) is 0 Å². The molecule has 1 rings (SSSR count). The number of hydrogen-bond donors (Lipinski definition) is 0. The molecule has 0 spiro atoms. The van der Waals surface area contributed by atoms with Crippen molar-refractivity contribution in [2.75, 3.05) is 13.2 Å². The van der Waals surface area contributed by atoms with Gasteiger partial charge in [-0.3, -0.25) is 10.1 Å². The van der Waals surface area contributed by atoms with E-state index in [9.17, 15) is 23.3 Å². The Hall–Kier alpha value is -2.42. The number of carbonyl (C=O) groups excluding carboxylic acids is 1. The van der Waals surface area contributed by atoms with Gasteiger partial charge in [-0.25, -0.2) is 13.2 Å². The highest BCUT2D eigenvalue weighted by Crippen LogP contribution is 2.36. The molecular formula is C21H32N2O7SSi. The summed E-state index contributed by atoms with van der Waals surface area (Å²) in [7, 11) is -6.65. The zero-order valence-corrected chi connectivity index (χ0v) is 21.7. The van der Waals surface area contributed by atoms with Gasteiger partial charge in [-0.05, 0) is 45.0 Å². The van der Waals surface area contributed by atoms with Crippen LogP contribution >= 0.6 is 0 Å². The Bertz CT molecular complexity index is 1010. The van der Waals surface area contributed by atoms with Crippen molar-refractivity contribution in [3.63, 3.8) is 0 Å². The van der Waals surface area contributed by atoms with E-state index in [0.29, 0.717) is 4.31 Å². The van der Waals surface area contributed by atoms with Gasteiger partial charge in [0.15, 0.2) is 13.2 Å². The third-order valence-corrected chi connectivity index (χ3v) is 11.1. The summed E-state index contributed by atoms with van der Waals surface area (Å²) >= 11 is 0. The zero-order valence-electron chi connectivity index (χ0n) is 19.9. The largest absolute Gasteiger partial charge is 0.443 e. The quantitative estimate of drug-likeness (QED) is 0.252. The molecule has 0 heterocycles. The van der Waals surface area contributed by atoms with E-state index < -0.39 is 52.1 Å². The van der Waals surface area contributed by atoms with Crippen LogP contribution in [-0.2, 0) is 19.2 Å². The summed E-state index contributed by atoms with van der Waals surface area (Å²) < 4.78 is 37.9. The predicted octanol–water partition coefficient (Wildman–Crippen LogP) is 4.55. The lowest BCUT2D eigenvalue weighted by molar-refractivity contribution is -0.387. The second-order valence-corrected chi connectivity index (χ2v) is 16.3. The number of carbonyl (C=O) groups is 1. The summed E-state index contributed by atoms with van der Waals surface area (Å²) in [5.74, 6) is 5.36. The van der Waals surface area contributed by atoms with Gasteiger partial charge in [-0.15, -0.1) is 0 Å². The average Bonchev–Trinajstić information content (AvgIpc) is 2.61. The monoisotopic (exact) mass is 484 g/mol. The molecule has 0 saturated heterocycles. The first-order valence-corrected chi connectivity index (χ1v) is 14.3. The molecular weight excluding hydrogens is 452 g/mol. The van der Waals surface area contributed by atoms with Gasteiger partial charge in [0.05, 0.1) is 11.5 Å². The van der Waals surface area contributed by atoms with Crippen LogP contribution in [0.4, 0.5) is 10.5 Å². The fraction of sp³-hybridized carbons (Fsp3) is 0.571. The second-order valence-electron chi connectivity index (χ2n) is 9.62. The van der Waals surface area contributed by atoms with E-state index in [1.54, 1.807) is 20.8 Å². The Morgan fingerprint density at radius 3 is 2.19 bits per heavy atom. The van der Waals surface area contributed by atoms with Crippen LogP contribution in [0.2, 0.25) is 18.1 Å². The van der Waals surface area contributed by atoms with Crippen molar-refractivity contribution in [2.45, 2.75) is 70.2 Å². The Balaban J connectivity index is 3.25. The topological polar surface area (TPSA) is 116 Å². The summed E-state index contributed by atoms with van der Waals surface area (Å²) in [6.45, 7) is 14.6. The van der Waals surface area contributed by atoms with Crippen LogP contribution in [0.1, 0.15) is 41.5 Å². The number of ether oxygens (including phenoxy) is 1. The van der Waals surface area contributed by atoms with Gasteiger partial charge in [-0.2, -0.15) is 4.31 Å². The van der Waals surface area contributed by atoms with Crippen molar-refractivity contribution in [3.8, 4) is 11.8 Å². The van der Waals surface area contributed by atoms with Gasteiger partial charge < -0.3 is 9.16 Å². The van der Waals surface area contributed by atoms with Gasteiger partial charge in [0.25, 0.3) is 15.7 Å². The molecule has 0 radical (unpaired) electrons. The van der Waals surface area contributed by atoms with Crippen molar-refractivity contribution in [2.24, 2.45) is 0 Å². The molecule has 0 unspecified atom stereocenters. The third kappa shape index (κ3) is 7.32. The summed E-state index contributed by atoms with van der Waals surface area (Å²) in [6.07, 6.45) is -1.17. The van der Waals surface area contributed by atoms with Crippen LogP contribution in [0.15, 0.2) is 29.2 Å². The number of para-hydroxylation sites is 1. The lowest BCUT2D eigenvalue weighted by Gasteiger charge is -2.35. The molecule has 0 N–H and O–H groups in total. The molecule has 1 aromatic carbocycles. The first-order valence-electron chi connectivity index (χ1n) is 9.99. The lowest BCUT2D eigenvalue weighted by atomic mass is 10.2. The summed E-state index contributed by atoms with van der Waals surface area (Å²) in [5, 5.41) is 11.3. The van der Waals surface area contributed by atoms with Crippen molar-refractivity contribution in [3.05, 3.63) is 34.4 Å². The minimum absolute atomic E-state index is 0.0210. The molecule has 0 aliphatic carbocycles. The smallest absolute Gasteiger partial charge is 0.425 e. The molecule has 178 valence electrons. The van der Waals surface area contributed by atoms with Gasteiger partial charge >= 0.3 is 6.09 Å². The molecule has 11 heteroatoms. The van der Waals surface area contributed by atoms with Crippen LogP contribution in [0.25, 0.3) is 0 Å². The molecule has 0 saturated carbocycles. The molecule has 0 aliphatic heterocycles. The first kappa shape index (κ1) is 27.6. The minimum atomic E-state index is -4.60. The fourth-order valence-corrected chi connectivity index (χ4v) is 4.35. The van der Waals surface area contributed by atoms with Crippen LogP contribution < -0.4 is 0 Å². The van der Waals surface area contributed by atoms with E-state index >= 15 is 0 Å². The average molecular weight is 485 g/mol. The van der Waals surface area contributed by atoms with Gasteiger partial charge in [0.1, 0.15) is 12.1 Å². The highest BCUT2D eigenvalue weighted by atomic mass is 32.2. The van der Waals surface area contributed by atoms with E-state index in [-0.39, 0.29) is 11.6 Å².